The van der Waals surface area contributed by atoms with E-state index in [1.54, 1.807) is 36.4 Å². The maximum absolute atomic E-state index is 12.2. The van der Waals surface area contributed by atoms with E-state index in [-0.39, 0.29) is 6.61 Å². The average molecular weight is 440 g/mol. The lowest BCUT2D eigenvalue weighted by molar-refractivity contribution is -0.118. The van der Waals surface area contributed by atoms with Gasteiger partial charge in [-0.25, -0.2) is 4.79 Å². The van der Waals surface area contributed by atoms with Crippen molar-refractivity contribution in [2.75, 3.05) is 11.9 Å². The molecule has 0 bridgehead atoms. The molecule has 1 heterocycles. The fourth-order valence-electron chi connectivity index (χ4n) is 3.02. The van der Waals surface area contributed by atoms with E-state index >= 15 is 0 Å². The van der Waals surface area contributed by atoms with Gasteiger partial charge in [-0.05, 0) is 41.5 Å². The average Bonchev–Trinajstić information content (AvgIpc) is 2.74. The molecular formula is C23H15Cl2NO4. The molecule has 0 atom stereocenters. The van der Waals surface area contributed by atoms with Crippen LogP contribution in [0.25, 0.3) is 22.1 Å². The van der Waals surface area contributed by atoms with Crippen LogP contribution in [0.15, 0.2) is 82.0 Å². The normalized spacial score (nSPS) is 10.7. The van der Waals surface area contributed by atoms with Crippen molar-refractivity contribution in [3.8, 4) is 16.9 Å². The smallest absolute Gasteiger partial charge is 0.336 e. The Kier molecular flexibility index (Phi) is 5.74. The lowest BCUT2D eigenvalue weighted by atomic mass is 10.0. The molecule has 4 rings (SSSR count). The topological polar surface area (TPSA) is 68.5 Å². The summed E-state index contributed by atoms with van der Waals surface area (Å²) in [6.45, 7) is -0.253. The molecule has 0 aliphatic carbocycles. The second kappa shape index (κ2) is 8.61. The molecule has 0 aliphatic rings. The van der Waals surface area contributed by atoms with E-state index in [0.29, 0.717) is 27.1 Å². The molecule has 0 aliphatic heterocycles. The minimum atomic E-state index is -0.466. The number of carbonyl (C=O) groups is 1. The first kappa shape index (κ1) is 20.0. The van der Waals surface area contributed by atoms with Gasteiger partial charge in [0.1, 0.15) is 11.3 Å². The summed E-state index contributed by atoms with van der Waals surface area (Å²) in [5.74, 6) is -0.0121. The standard InChI is InChI=1S/C23H15Cl2NO4/c24-15-6-9-19(25)20(10-15)26-22(27)13-29-16-7-8-17-18(14-4-2-1-3-5-14)12-23(28)30-21(17)11-16/h1-12H,13H2,(H,26,27). The largest absolute Gasteiger partial charge is 0.484 e. The van der Waals surface area contributed by atoms with Crippen LogP contribution in [-0.4, -0.2) is 12.5 Å². The first-order chi connectivity index (χ1) is 14.5. The highest BCUT2D eigenvalue weighted by Crippen LogP contribution is 2.30. The number of amides is 1. The third-order valence-corrected chi connectivity index (χ3v) is 4.94. The second-order valence-corrected chi connectivity index (χ2v) is 7.31. The number of anilines is 1. The van der Waals surface area contributed by atoms with Gasteiger partial charge in [0.25, 0.3) is 5.91 Å². The number of benzene rings is 3. The van der Waals surface area contributed by atoms with Crippen molar-refractivity contribution in [2.45, 2.75) is 0 Å². The molecule has 150 valence electrons. The molecule has 4 aromatic rings. The highest BCUT2D eigenvalue weighted by molar-refractivity contribution is 6.35. The first-order valence-electron chi connectivity index (χ1n) is 9.00. The van der Waals surface area contributed by atoms with Gasteiger partial charge in [-0.2, -0.15) is 0 Å². The number of hydrogen-bond donors (Lipinski definition) is 1. The maximum Gasteiger partial charge on any atom is 0.336 e. The van der Waals surface area contributed by atoms with Crippen molar-refractivity contribution < 1.29 is 13.9 Å². The Hall–Kier alpha value is -3.28. The number of carbonyl (C=O) groups excluding carboxylic acids is 1. The van der Waals surface area contributed by atoms with Crippen LogP contribution in [0.3, 0.4) is 0 Å². The van der Waals surface area contributed by atoms with Crippen LogP contribution in [0.2, 0.25) is 10.0 Å². The maximum atomic E-state index is 12.2. The van der Waals surface area contributed by atoms with Crippen LogP contribution in [0.1, 0.15) is 0 Å². The molecule has 0 unspecified atom stereocenters. The molecule has 0 saturated heterocycles. The van der Waals surface area contributed by atoms with E-state index in [1.807, 2.05) is 30.3 Å². The number of rotatable bonds is 5. The third kappa shape index (κ3) is 4.48. The molecule has 0 radical (unpaired) electrons. The summed E-state index contributed by atoms with van der Waals surface area (Å²) in [6.07, 6.45) is 0. The SMILES string of the molecule is O=C(COc1ccc2c(-c3ccccc3)cc(=O)oc2c1)Nc1cc(Cl)ccc1Cl. The van der Waals surface area contributed by atoms with Crippen molar-refractivity contribution in [2.24, 2.45) is 0 Å². The highest BCUT2D eigenvalue weighted by Gasteiger charge is 2.11. The molecule has 0 spiro atoms. The van der Waals surface area contributed by atoms with Gasteiger partial charge in [0.05, 0.1) is 10.7 Å². The van der Waals surface area contributed by atoms with Gasteiger partial charge in [-0.1, -0.05) is 53.5 Å². The zero-order valence-electron chi connectivity index (χ0n) is 15.5. The van der Waals surface area contributed by atoms with Crippen molar-refractivity contribution in [3.05, 3.63) is 93.3 Å². The highest BCUT2D eigenvalue weighted by atomic mass is 35.5. The number of hydrogen-bond acceptors (Lipinski definition) is 4. The van der Waals surface area contributed by atoms with E-state index in [4.69, 9.17) is 32.4 Å². The summed E-state index contributed by atoms with van der Waals surface area (Å²) in [6, 6.07) is 20.9. The molecule has 0 fully saturated rings. The minimum absolute atomic E-state index is 0.253. The fourth-order valence-corrected chi connectivity index (χ4v) is 3.35. The van der Waals surface area contributed by atoms with Crippen LogP contribution in [0.4, 0.5) is 5.69 Å². The van der Waals surface area contributed by atoms with Crippen LogP contribution in [0, 0.1) is 0 Å². The quantitative estimate of drug-likeness (QED) is 0.399. The summed E-state index contributed by atoms with van der Waals surface area (Å²) in [4.78, 5) is 24.2. The Morgan fingerprint density at radius 1 is 0.967 bits per heavy atom. The van der Waals surface area contributed by atoms with Crippen LogP contribution < -0.4 is 15.7 Å². The van der Waals surface area contributed by atoms with Gasteiger partial charge in [-0.15, -0.1) is 0 Å². The van der Waals surface area contributed by atoms with Gasteiger partial charge in [0.2, 0.25) is 0 Å². The molecule has 30 heavy (non-hydrogen) atoms. The van der Waals surface area contributed by atoms with Crippen molar-refractivity contribution in [3.63, 3.8) is 0 Å². The summed E-state index contributed by atoms with van der Waals surface area (Å²) in [5.41, 5.74) is 1.97. The lowest BCUT2D eigenvalue weighted by Crippen LogP contribution is -2.20. The molecule has 7 heteroatoms. The van der Waals surface area contributed by atoms with E-state index < -0.39 is 11.5 Å². The summed E-state index contributed by atoms with van der Waals surface area (Å²) < 4.78 is 10.9. The molecule has 1 aromatic heterocycles. The van der Waals surface area contributed by atoms with E-state index in [1.165, 1.54) is 6.07 Å². The van der Waals surface area contributed by atoms with E-state index in [2.05, 4.69) is 5.32 Å². The van der Waals surface area contributed by atoms with Gasteiger partial charge >= 0.3 is 5.63 Å². The summed E-state index contributed by atoms with van der Waals surface area (Å²) >= 11 is 12.0. The molecule has 5 nitrogen and oxygen atoms in total. The Balaban J connectivity index is 1.53. The fraction of sp³-hybridized carbons (Fsp3) is 0.0435. The van der Waals surface area contributed by atoms with E-state index in [9.17, 15) is 9.59 Å². The van der Waals surface area contributed by atoms with Gasteiger partial charge in [-0.3, -0.25) is 4.79 Å². The summed E-state index contributed by atoms with van der Waals surface area (Å²) in [7, 11) is 0. The predicted molar refractivity (Wildman–Crippen MR) is 119 cm³/mol. The van der Waals surface area contributed by atoms with Crippen LogP contribution in [0.5, 0.6) is 5.75 Å². The van der Waals surface area contributed by atoms with Crippen molar-refractivity contribution in [1.82, 2.24) is 0 Å². The number of nitrogens with one attached hydrogen (secondary N) is 1. The summed E-state index contributed by atoms with van der Waals surface area (Å²) in [5, 5.41) is 4.23. The third-order valence-electron chi connectivity index (χ3n) is 4.37. The number of halogens is 2. The Bertz CT molecular complexity index is 1290. The Labute approximate surface area is 181 Å². The minimum Gasteiger partial charge on any atom is -0.484 e. The Morgan fingerprint density at radius 3 is 2.57 bits per heavy atom. The monoisotopic (exact) mass is 439 g/mol. The zero-order chi connectivity index (χ0) is 21.1. The van der Waals surface area contributed by atoms with Gasteiger partial charge < -0.3 is 14.5 Å². The lowest BCUT2D eigenvalue weighted by Gasteiger charge is -2.10. The molecule has 1 amide bonds. The van der Waals surface area contributed by atoms with Crippen molar-refractivity contribution in [1.29, 1.82) is 0 Å². The van der Waals surface area contributed by atoms with Crippen LogP contribution >= 0.6 is 23.2 Å². The Morgan fingerprint density at radius 2 is 1.77 bits per heavy atom. The van der Waals surface area contributed by atoms with E-state index in [0.717, 1.165) is 16.5 Å². The first-order valence-corrected chi connectivity index (χ1v) is 9.76. The zero-order valence-corrected chi connectivity index (χ0v) is 17.0. The molecule has 1 N–H and O–H groups in total. The molecule has 3 aromatic carbocycles. The molecule has 0 saturated carbocycles. The van der Waals surface area contributed by atoms with Gasteiger partial charge in [0.15, 0.2) is 6.61 Å². The second-order valence-electron chi connectivity index (χ2n) is 6.46. The predicted octanol–water partition coefficient (Wildman–Crippen LogP) is 5.78. The van der Waals surface area contributed by atoms with Gasteiger partial charge in [0, 0.05) is 22.5 Å². The number of fused-ring (bicyclic) bond motifs is 1. The molecular weight excluding hydrogens is 425 g/mol. The number of ether oxygens (including phenoxy) is 1. The van der Waals surface area contributed by atoms with Crippen molar-refractivity contribution >= 4 is 45.8 Å². The van der Waals surface area contributed by atoms with Crippen LogP contribution in [-0.2, 0) is 4.79 Å².